The van der Waals surface area contributed by atoms with Crippen molar-refractivity contribution in [2.45, 2.75) is 19.3 Å². The van der Waals surface area contributed by atoms with Crippen molar-refractivity contribution in [2.24, 2.45) is 0 Å². The van der Waals surface area contributed by atoms with Gasteiger partial charge in [-0.15, -0.1) is 0 Å². The molecule has 0 atom stereocenters. The van der Waals surface area contributed by atoms with Gasteiger partial charge >= 0.3 is 0 Å². The number of rotatable bonds is 1. The number of hydrogen-bond acceptors (Lipinski definition) is 4. The third-order valence-corrected chi connectivity index (χ3v) is 2.35. The predicted octanol–water partition coefficient (Wildman–Crippen LogP) is 1.05. The van der Waals surface area contributed by atoms with Gasteiger partial charge in [-0.2, -0.15) is 0 Å². The van der Waals surface area contributed by atoms with E-state index in [1.165, 1.54) is 25.6 Å². The van der Waals surface area contributed by atoms with Crippen LogP contribution in [0.4, 0.5) is 11.6 Å². The predicted molar refractivity (Wildman–Crippen MR) is 52.5 cm³/mol. The Balaban J connectivity index is 2.14. The molecule has 1 aliphatic rings. The lowest BCUT2D eigenvalue weighted by Gasteiger charge is -2.27. The second-order valence-electron chi connectivity index (χ2n) is 3.35. The van der Waals surface area contributed by atoms with Gasteiger partial charge in [0.05, 0.1) is 0 Å². The number of hydrogen-bond donors (Lipinski definition) is 1. The fraction of sp³-hybridized carbons (Fsp3) is 0.556. The average Bonchev–Trinajstić information content (AvgIpc) is 2.19. The lowest BCUT2D eigenvalue weighted by molar-refractivity contribution is 0.573. The van der Waals surface area contributed by atoms with E-state index < -0.39 is 0 Å². The van der Waals surface area contributed by atoms with Crippen molar-refractivity contribution in [3.8, 4) is 0 Å². The van der Waals surface area contributed by atoms with Crippen LogP contribution in [0.25, 0.3) is 0 Å². The van der Waals surface area contributed by atoms with Crippen molar-refractivity contribution >= 4 is 11.6 Å². The van der Waals surface area contributed by atoms with Gasteiger partial charge in [-0.1, -0.05) is 0 Å². The molecule has 0 saturated carbocycles. The third kappa shape index (κ3) is 1.88. The number of aromatic nitrogens is 2. The van der Waals surface area contributed by atoms with Crippen molar-refractivity contribution in [1.82, 2.24) is 9.97 Å². The van der Waals surface area contributed by atoms with Gasteiger partial charge in [0.1, 0.15) is 18.0 Å². The van der Waals surface area contributed by atoms with Crippen LogP contribution in [0, 0.1) is 0 Å². The molecule has 1 fully saturated rings. The zero-order valence-electron chi connectivity index (χ0n) is 7.61. The summed E-state index contributed by atoms with van der Waals surface area (Å²) in [4.78, 5) is 10.3. The maximum Gasteiger partial charge on any atom is 0.134 e. The summed E-state index contributed by atoms with van der Waals surface area (Å²) in [5.41, 5.74) is 5.59. The largest absolute Gasteiger partial charge is 0.384 e. The zero-order chi connectivity index (χ0) is 9.10. The molecule has 0 amide bonds. The van der Waals surface area contributed by atoms with E-state index in [2.05, 4.69) is 14.9 Å². The quantitative estimate of drug-likeness (QED) is 0.698. The van der Waals surface area contributed by atoms with Crippen LogP contribution >= 0.6 is 0 Å². The second-order valence-corrected chi connectivity index (χ2v) is 3.35. The summed E-state index contributed by atoms with van der Waals surface area (Å²) in [6.07, 6.45) is 5.37. The molecule has 2 rings (SSSR count). The van der Waals surface area contributed by atoms with Crippen molar-refractivity contribution in [1.29, 1.82) is 0 Å². The summed E-state index contributed by atoms with van der Waals surface area (Å²) < 4.78 is 0. The van der Waals surface area contributed by atoms with E-state index >= 15 is 0 Å². The van der Waals surface area contributed by atoms with Crippen molar-refractivity contribution in [3.05, 3.63) is 12.4 Å². The molecule has 0 aromatic carbocycles. The minimum Gasteiger partial charge on any atom is -0.384 e. The third-order valence-electron chi connectivity index (χ3n) is 2.35. The number of nitrogens with zero attached hydrogens (tertiary/aromatic N) is 3. The number of anilines is 2. The van der Waals surface area contributed by atoms with Crippen LogP contribution in [0.3, 0.4) is 0 Å². The monoisotopic (exact) mass is 178 g/mol. The summed E-state index contributed by atoms with van der Waals surface area (Å²) in [6.45, 7) is 2.19. The van der Waals surface area contributed by atoms with Crippen LogP contribution in [0.15, 0.2) is 12.4 Å². The molecule has 2 N–H and O–H groups in total. The number of nitrogen functional groups attached to an aromatic ring is 1. The number of piperidine rings is 1. The summed E-state index contributed by atoms with van der Waals surface area (Å²) in [5.74, 6) is 1.52. The maximum absolute atomic E-state index is 5.59. The summed E-state index contributed by atoms with van der Waals surface area (Å²) in [6, 6.07) is 1.84. The lowest BCUT2D eigenvalue weighted by atomic mass is 10.1. The molecular formula is C9H14N4. The van der Waals surface area contributed by atoms with Gasteiger partial charge in [0.2, 0.25) is 0 Å². The van der Waals surface area contributed by atoms with Gasteiger partial charge in [0.15, 0.2) is 0 Å². The Morgan fingerprint density at radius 1 is 1.15 bits per heavy atom. The van der Waals surface area contributed by atoms with Crippen LogP contribution < -0.4 is 10.6 Å². The van der Waals surface area contributed by atoms with E-state index in [1.54, 1.807) is 0 Å². The minimum absolute atomic E-state index is 0.551. The van der Waals surface area contributed by atoms with Crippen molar-refractivity contribution in [2.75, 3.05) is 23.7 Å². The molecule has 4 heteroatoms. The van der Waals surface area contributed by atoms with Crippen LogP contribution in [0.2, 0.25) is 0 Å². The first-order chi connectivity index (χ1) is 6.36. The highest BCUT2D eigenvalue weighted by Crippen LogP contribution is 2.17. The van der Waals surface area contributed by atoms with E-state index in [0.29, 0.717) is 5.82 Å². The highest BCUT2D eigenvalue weighted by atomic mass is 15.2. The smallest absolute Gasteiger partial charge is 0.134 e. The molecule has 1 aliphatic heterocycles. The molecule has 1 saturated heterocycles. The molecule has 1 aromatic heterocycles. The SMILES string of the molecule is Nc1cc(N2CCCCC2)ncn1. The highest BCUT2D eigenvalue weighted by molar-refractivity contribution is 5.45. The Kier molecular flexibility index (Phi) is 2.29. The van der Waals surface area contributed by atoms with Gasteiger partial charge in [-0.3, -0.25) is 0 Å². The second kappa shape index (κ2) is 3.60. The van der Waals surface area contributed by atoms with E-state index in [4.69, 9.17) is 5.73 Å². The van der Waals surface area contributed by atoms with Gasteiger partial charge in [0, 0.05) is 19.2 Å². The molecule has 0 aliphatic carbocycles. The first-order valence-electron chi connectivity index (χ1n) is 4.69. The van der Waals surface area contributed by atoms with Crippen LogP contribution in [0.5, 0.6) is 0 Å². The Labute approximate surface area is 77.8 Å². The van der Waals surface area contributed by atoms with Gasteiger partial charge in [-0.25, -0.2) is 9.97 Å². The Morgan fingerprint density at radius 2 is 1.92 bits per heavy atom. The van der Waals surface area contributed by atoms with Crippen LogP contribution in [0.1, 0.15) is 19.3 Å². The van der Waals surface area contributed by atoms with Crippen molar-refractivity contribution < 1.29 is 0 Å². The van der Waals surface area contributed by atoms with E-state index in [0.717, 1.165) is 18.9 Å². The molecule has 2 heterocycles. The average molecular weight is 178 g/mol. The molecule has 0 radical (unpaired) electrons. The molecule has 13 heavy (non-hydrogen) atoms. The molecule has 70 valence electrons. The standard InChI is InChI=1S/C9H14N4/c10-8-6-9(12-7-11-8)13-4-2-1-3-5-13/h6-7H,1-5H2,(H2,10,11,12). The lowest BCUT2D eigenvalue weighted by Crippen LogP contribution is -2.30. The summed E-state index contributed by atoms with van der Waals surface area (Å²) >= 11 is 0. The van der Waals surface area contributed by atoms with Crippen molar-refractivity contribution in [3.63, 3.8) is 0 Å². The highest BCUT2D eigenvalue weighted by Gasteiger charge is 2.11. The molecule has 0 unspecified atom stereocenters. The zero-order valence-corrected chi connectivity index (χ0v) is 7.61. The topological polar surface area (TPSA) is 55.0 Å². The van der Waals surface area contributed by atoms with E-state index in [-0.39, 0.29) is 0 Å². The van der Waals surface area contributed by atoms with Gasteiger partial charge < -0.3 is 10.6 Å². The molecular weight excluding hydrogens is 164 g/mol. The van der Waals surface area contributed by atoms with Crippen LogP contribution in [-0.2, 0) is 0 Å². The maximum atomic E-state index is 5.59. The van der Waals surface area contributed by atoms with E-state index in [1.807, 2.05) is 6.07 Å². The fourth-order valence-corrected chi connectivity index (χ4v) is 1.66. The van der Waals surface area contributed by atoms with E-state index in [9.17, 15) is 0 Å². The van der Waals surface area contributed by atoms with Crippen LogP contribution in [-0.4, -0.2) is 23.1 Å². The number of nitrogens with two attached hydrogens (primary N) is 1. The summed E-state index contributed by atoms with van der Waals surface area (Å²) in [5, 5.41) is 0. The first kappa shape index (κ1) is 8.29. The minimum atomic E-state index is 0.551. The normalized spacial score (nSPS) is 17.4. The van der Waals surface area contributed by atoms with Gasteiger partial charge in [0.25, 0.3) is 0 Å². The fourth-order valence-electron chi connectivity index (χ4n) is 1.66. The Hall–Kier alpha value is -1.32. The molecule has 1 aromatic rings. The first-order valence-corrected chi connectivity index (χ1v) is 4.69. The van der Waals surface area contributed by atoms with Gasteiger partial charge in [-0.05, 0) is 19.3 Å². The molecule has 4 nitrogen and oxygen atoms in total. The molecule has 0 spiro atoms. The Bertz CT molecular complexity index is 281. The Morgan fingerprint density at radius 3 is 2.62 bits per heavy atom. The molecule has 0 bridgehead atoms. The summed E-state index contributed by atoms with van der Waals surface area (Å²) in [7, 11) is 0.